The Balaban J connectivity index is 1.74. The highest BCUT2D eigenvalue weighted by Crippen LogP contribution is 2.64. The summed E-state index contributed by atoms with van der Waals surface area (Å²) in [6.45, 7) is 6.51. The van der Waals surface area contributed by atoms with Gasteiger partial charge in [-0.25, -0.2) is 0 Å². The Morgan fingerprint density at radius 3 is 2.70 bits per heavy atom. The van der Waals surface area contributed by atoms with Crippen molar-refractivity contribution in [1.29, 1.82) is 0 Å². The maximum atomic E-state index is 12.1. The van der Waals surface area contributed by atoms with Gasteiger partial charge in [-0.05, 0) is 68.8 Å². The molecule has 2 nitrogen and oxygen atoms in total. The van der Waals surface area contributed by atoms with Crippen molar-refractivity contribution in [1.82, 2.24) is 0 Å². The van der Waals surface area contributed by atoms with E-state index in [0.717, 1.165) is 25.7 Å². The fourth-order valence-electron chi connectivity index (χ4n) is 6.52. The van der Waals surface area contributed by atoms with E-state index in [1.807, 2.05) is 6.08 Å². The zero-order valence-electron chi connectivity index (χ0n) is 14.7. The van der Waals surface area contributed by atoms with Gasteiger partial charge in [-0.2, -0.15) is 0 Å². The molecule has 4 aliphatic rings. The number of Topliss-reactive ketones (excluding diaryl/α,β-unsaturated/α-hetero) is 1. The van der Waals surface area contributed by atoms with E-state index >= 15 is 0 Å². The summed E-state index contributed by atoms with van der Waals surface area (Å²) in [5.74, 6) is 2.25. The van der Waals surface area contributed by atoms with Gasteiger partial charge >= 0.3 is 0 Å². The number of rotatable bonds is 1. The molecule has 0 aliphatic heterocycles. The van der Waals surface area contributed by atoms with E-state index in [-0.39, 0.29) is 16.7 Å². The minimum atomic E-state index is 0.118. The van der Waals surface area contributed by atoms with Gasteiger partial charge in [-0.3, -0.25) is 9.59 Å². The molecule has 0 spiro atoms. The Labute approximate surface area is 139 Å². The molecule has 0 aromatic carbocycles. The Hall–Kier alpha value is -1.18. The van der Waals surface area contributed by atoms with Crippen LogP contribution in [0.3, 0.4) is 0 Å². The molecule has 2 heteroatoms. The van der Waals surface area contributed by atoms with Crippen molar-refractivity contribution in [2.45, 2.75) is 65.7 Å². The van der Waals surface area contributed by atoms with Crippen molar-refractivity contribution in [3.05, 3.63) is 23.3 Å². The average Bonchev–Trinajstić information content (AvgIpc) is 2.85. The zero-order valence-corrected chi connectivity index (χ0v) is 14.7. The van der Waals surface area contributed by atoms with E-state index in [1.54, 1.807) is 12.5 Å². The van der Waals surface area contributed by atoms with Gasteiger partial charge in [0.2, 0.25) is 0 Å². The second-order valence-electron chi connectivity index (χ2n) is 8.83. The first-order valence-corrected chi connectivity index (χ1v) is 9.31. The molecule has 0 amide bonds. The van der Waals surface area contributed by atoms with Gasteiger partial charge in [-0.15, -0.1) is 0 Å². The number of ketones is 2. The van der Waals surface area contributed by atoms with Crippen molar-refractivity contribution in [2.24, 2.45) is 28.6 Å². The lowest BCUT2D eigenvalue weighted by Gasteiger charge is -2.53. The number of hydrogen-bond donors (Lipinski definition) is 0. The molecule has 124 valence electrons. The van der Waals surface area contributed by atoms with Gasteiger partial charge in [0.25, 0.3) is 0 Å². The van der Waals surface area contributed by atoms with Gasteiger partial charge < -0.3 is 0 Å². The van der Waals surface area contributed by atoms with Crippen LogP contribution < -0.4 is 0 Å². The molecule has 5 unspecified atom stereocenters. The zero-order chi connectivity index (χ0) is 16.4. The minimum absolute atomic E-state index is 0.118. The standard InChI is InChI=1S/C21H28O2/c1-13(22)17-6-7-18-16-5-4-14-12-15(23)8-10-20(14,2)19(16)9-11-21(17,18)3/h9,12,16-18H,4-8,10-11H2,1-3H3. The molecular formula is C21H28O2. The topological polar surface area (TPSA) is 34.1 Å². The smallest absolute Gasteiger partial charge is 0.155 e. The fraction of sp³-hybridized carbons (Fsp3) is 0.714. The van der Waals surface area contributed by atoms with Crippen LogP contribution in [0.15, 0.2) is 23.3 Å². The van der Waals surface area contributed by atoms with Gasteiger partial charge in [0.05, 0.1) is 0 Å². The van der Waals surface area contributed by atoms with Crippen molar-refractivity contribution < 1.29 is 9.59 Å². The normalized spacial score (nSPS) is 45.5. The first-order valence-electron chi connectivity index (χ1n) is 9.31. The third-order valence-corrected chi connectivity index (χ3v) is 7.82. The van der Waals surface area contributed by atoms with E-state index < -0.39 is 0 Å². The molecule has 4 aliphatic carbocycles. The first-order chi connectivity index (χ1) is 10.9. The van der Waals surface area contributed by atoms with Crippen LogP contribution in [0.1, 0.15) is 65.7 Å². The molecule has 23 heavy (non-hydrogen) atoms. The monoisotopic (exact) mass is 312 g/mol. The summed E-state index contributed by atoms with van der Waals surface area (Å²) in [4.78, 5) is 24.0. The number of carbonyl (C=O) groups is 2. The van der Waals surface area contributed by atoms with Gasteiger partial charge in [0.15, 0.2) is 5.78 Å². The van der Waals surface area contributed by atoms with E-state index in [0.29, 0.717) is 29.8 Å². The van der Waals surface area contributed by atoms with E-state index in [1.165, 1.54) is 18.4 Å². The molecule has 0 bridgehead atoms. The Bertz CT molecular complexity index is 640. The highest BCUT2D eigenvalue weighted by Gasteiger charge is 2.56. The second-order valence-corrected chi connectivity index (χ2v) is 8.83. The predicted octanol–water partition coefficient (Wildman–Crippen LogP) is 4.64. The van der Waals surface area contributed by atoms with Crippen LogP contribution in [-0.4, -0.2) is 11.6 Å². The number of fused-ring (bicyclic) bond motifs is 5. The molecule has 0 aromatic rings. The molecule has 0 N–H and O–H groups in total. The molecule has 0 radical (unpaired) electrons. The maximum Gasteiger partial charge on any atom is 0.155 e. The van der Waals surface area contributed by atoms with Gasteiger partial charge in [0, 0.05) is 17.8 Å². The highest BCUT2D eigenvalue weighted by atomic mass is 16.1. The van der Waals surface area contributed by atoms with Crippen LogP contribution in [-0.2, 0) is 9.59 Å². The average molecular weight is 312 g/mol. The Kier molecular flexibility index (Phi) is 3.28. The lowest BCUT2D eigenvalue weighted by molar-refractivity contribution is -0.124. The molecule has 4 rings (SSSR count). The lowest BCUT2D eigenvalue weighted by Crippen LogP contribution is -2.45. The molecule has 5 atom stereocenters. The lowest BCUT2D eigenvalue weighted by atomic mass is 9.51. The van der Waals surface area contributed by atoms with E-state index in [2.05, 4.69) is 19.9 Å². The predicted molar refractivity (Wildman–Crippen MR) is 90.9 cm³/mol. The van der Waals surface area contributed by atoms with Gasteiger partial charge in [0.1, 0.15) is 5.78 Å². The largest absolute Gasteiger partial charge is 0.300 e. The van der Waals surface area contributed by atoms with Crippen LogP contribution in [0.2, 0.25) is 0 Å². The number of carbonyl (C=O) groups excluding carboxylic acids is 2. The van der Waals surface area contributed by atoms with Gasteiger partial charge in [-0.1, -0.05) is 31.1 Å². The summed E-state index contributed by atoms with van der Waals surface area (Å²) in [7, 11) is 0. The SMILES string of the molecule is CC(=O)C1CCC2C3CCC4=CC(=O)CCC4(C)C3=CCC12C. The van der Waals surface area contributed by atoms with Crippen LogP contribution in [0.5, 0.6) is 0 Å². The first kappa shape index (κ1) is 15.4. The number of hydrogen-bond acceptors (Lipinski definition) is 2. The molecule has 0 saturated heterocycles. The number of allylic oxidation sites excluding steroid dienone is 4. The van der Waals surface area contributed by atoms with E-state index in [4.69, 9.17) is 0 Å². The molecule has 2 fully saturated rings. The van der Waals surface area contributed by atoms with E-state index in [9.17, 15) is 9.59 Å². The Morgan fingerprint density at radius 2 is 1.96 bits per heavy atom. The second kappa shape index (κ2) is 4.91. The van der Waals surface area contributed by atoms with Crippen molar-refractivity contribution in [3.63, 3.8) is 0 Å². The molecular weight excluding hydrogens is 284 g/mol. The summed E-state index contributed by atoms with van der Waals surface area (Å²) in [6.07, 6.45) is 11.7. The molecule has 2 saturated carbocycles. The van der Waals surface area contributed by atoms with Crippen LogP contribution in [0.4, 0.5) is 0 Å². The molecule has 0 heterocycles. The summed E-state index contributed by atoms with van der Waals surface area (Å²) in [6, 6.07) is 0. The van der Waals surface area contributed by atoms with Crippen LogP contribution in [0, 0.1) is 28.6 Å². The van der Waals surface area contributed by atoms with Crippen LogP contribution in [0.25, 0.3) is 0 Å². The summed E-state index contributed by atoms with van der Waals surface area (Å²) in [5.41, 5.74) is 3.27. The quantitative estimate of drug-likeness (QED) is 0.661. The Morgan fingerprint density at radius 1 is 1.17 bits per heavy atom. The van der Waals surface area contributed by atoms with Crippen molar-refractivity contribution in [2.75, 3.05) is 0 Å². The highest BCUT2D eigenvalue weighted by molar-refractivity contribution is 5.92. The maximum absolute atomic E-state index is 12.1. The fourth-order valence-corrected chi connectivity index (χ4v) is 6.52. The van der Waals surface area contributed by atoms with Crippen molar-refractivity contribution in [3.8, 4) is 0 Å². The minimum Gasteiger partial charge on any atom is -0.300 e. The third-order valence-electron chi connectivity index (χ3n) is 7.82. The third kappa shape index (κ3) is 1.99. The summed E-state index contributed by atoms with van der Waals surface area (Å²) >= 11 is 0. The molecule has 0 aromatic heterocycles. The van der Waals surface area contributed by atoms with Crippen molar-refractivity contribution >= 4 is 11.6 Å². The summed E-state index contributed by atoms with van der Waals surface area (Å²) in [5, 5.41) is 0. The summed E-state index contributed by atoms with van der Waals surface area (Å²) < 4.78 is 0. The van der Waals surface area contributed by atoms with Crippen LogP contribution >= 0.6 is 0 Å².